The molecule has 86 valence electrons. The summed E-state index contributed by atoms with van der Waals surface area (Å²) in [5, 5.41) is 2.84. The van der Waals surface area contributed by atoms with E-state index < -0.39 is 5.91 Å². The van der Waals surface area contributed by atoms with Crippen LogP contribution in [0.1, 0.15) is 10.4 Å². The fourth-order valence-electron chi connectivity index (χ4n) is 1.10. The van der Waals surface area contributed by atoms with E-state index in [4.69, 9.17) is 22.1 Å². The molecule has 0 aliphatic rings. The van der Waals surface area contributed by atoms with Crippen LogP contribution in [-0.2, 0) is 0 Å². The van der Waals surface area contributed by atoms with Crippen molar-refractivity contribution in [1.29, 1.82) is 0 Å². The van der Waals surface area contributed by atoms with Crippen LogP contribution >= 0.6 is 11.6 Å². The number of rotatable bonds is 2. The number of nitrogens with one attached hydrogen (secondary N) is 1. The highest BCUT2D eigenvalue weighted by molar-refractivity contribution is 6.31. The van der Waals surface area contributed by atoms with Crippen LogP contribution in [0, 0.1) is 0 Å². The monoisotopic (exact) mass is 241 g/mol. The molecular weight excluding hydrogens is 230 g/mol. The van der Waals surface area contributed by atoms with E-state index in [1.807, 2.05) is 0 Å². The lowest BCUT2D eigenvalue weighted by molar-refractivity contribution is 0.0973. The van der Waals surface area contributed by atoms with Crippen molar-refractivity contribution in [3.63, 3.8) is 0 Å². The topological polar surface area (TPSA) is 76.7 Å². The van der Waals surface area contributed by atoms with Gasteiger partial charge in [-0.25, -0.2) is 0 Å². The Morgan fingerprint density at radius 3 is 2.81 bits per heavy atom. The van der Waals surface area contributed by atoms with Gasteiger partial charge in [-0.15, -0.1) is 0 Å². The number of nitrogens with two attached hydrogens (primary N) is 1. The Kier molecular flexibility index (Phi) is 4.13. The third kappa shape index (κ3) is 2.87. The van der Waals surface area contributed by atoms with Crippen LogP contribution < -0.4 is 15.8 Å². The van der Waals surface area contributed by atoms with Crippen molar-refractivity contribution < 1.29 is 9.53 Å². The van der Waals surface area contributed by atoms with Gasteiger partial charge in [-0.3, -0.25) is 15.1 Å². The average molecular weight is 242 g/mol. The van der Waals surface area contributed by atoms with Gasteiger partial charge in [0.25, 0.3) is 5.91 Å². The zero-order valence-electron chi connectivity index (χ0n) is 8.95. The highest BCUT2D eigenvalue weighted by Gasteiger charge is 2.13. The first-order valence-corrected chi connectivity index (χ1v) is 4.83. The zero-order chi connectivity index (χ0) is 12.1. The van der Waals surface area contributed by atoms with E-state index >= 15 is 0 Å². The van der Waals surface area contributed by atoms with Gasteiger partial charge in [0.2, 0.25) is 0 Å². The minimum atomic E-state index is -0.414. The molecule has 6 heteroatoms. The third-order valence-corrected chi connectivity index (χ3v) is 2.12. The van der Waals surface area contributed by atoms with E-state index in [0.717, 1.165) is 0 Å². The second-order valence-electron chi connectivity index (χ2n) is 2.91. The molecule has 0 aliphatic carbocycles. The van der Waals surface area contributed by atoms with E-state index in [-0.39, 0.29) is 5.96 Å². The van der Waals surface area contributed by atoms with E-state index in [1.54, 1.807) is 12.1 Å². The summed E-state index contributed by atoms with van der Waals surface area (Å²) in [5.41, 5.74) is 5.69. The molecule has 0 saturated heterocycles. The van der Waals surface area contributed by atoms with E-state index in [0.29, 0.717) is 16.3 Å². The van der Waals surface area contributed by atoms with Crippen molar-refractivity contribution in [2.45, 2.75) is 0 Å². The number of ether oxygens (including phenoxy) is 1. The van der Waals surface area contributed by atoms with E-state index in [9.17, 15) is 4.79 Å². The van der Waals surface area contributed by atoms with Gasteiger partial charge in [-0.1, -0.05) is 11.6 Å². The first-order valence-electron chi connectivity index (χ1n) is 4.45. The van der Waals surface area contributed by atoms with Gasteiger partial charge < -0.3 is 10.5 Å². The standard InChI is InChI=1S/C10H12ClN3O2/c1-13-10(12)14-9(15)7-5-6(11)3-4-8(7)16-2/h3-5H,1-2H3,(H3,12,13,14,15). The maximum absolute atomic E-state index is 11.7. The number of guanidine groups is 1. The Labute approximate surface area is 98.3 Å². The van der Waals surface area contributed by atoms with Crippen LogP contribution in [0.15, 0.2) is 23.2 Å². The fraction of sp³-hybridized carbons (Fsp3) is 0.200. The van der Waals surface area contributed by atoms with Gasteiger partial charge in [-0.2, -0.15) is 0 Å². The second kappa shape index (κ2) is 5.37. The van der Waals surface area contributed by atoms with Gasteiger partial charge in [0.05, 0.1) is 12.7 Å². The van der Waals surface area contributed by atoms with Crippen LogP contribution in [0.4, 0.5) is 0 Å². The van der Waals surface area contributed by atoms with Crippen LogP contribution in [0.3, 0.4) is 0 Å². The highest BCUT2D eigenvalue weighted by atomic mass is 35.5. The van der Waals surface area contributed by atoms with Crippen molar-refractivity contribution >= 4 is 23.5 Å². The Morgan fingerprint density at radius 2 is 2.25 bits per heavy atom. The van der Waals surface area contributed by atoms with Crippen LogP contribution in [0.5, 0.6) is 5.75 Å². The predicted octanol–water partition coefficient (Wildman–Crippen LogP) is 1.02. The molecule has 5 nitrogen and oxygen atoms in total. The lowest BCUT2D eigenvalue weighted by Crippen LogP contribution is -2.36. The third-order valence-electron chi connectivity index (χ3n) is 1.89. The quantitative estimate of drug-likeness (QED) is 0.600. The van der Waals surface area contributed by atoms with Crippen molar-refractivity contribution in [2.24, 2.45) is 10.7 Å². The minimum Gasteiger partial charge on any atom is -0.496 e. The molecule has 16 heavy (non-hydrogen) atoms. The normalized spacial score (nSPS) is 11.1. The van der Waals surface area contributed by atoms with Crippen molar-refractivity contribution in [3.8, 4) is 5.75 Å². The first kappa shape index (κ1) is 12.3. The molecule has 1 rings (SSSR count). The van der Waals surface area contributed by atoms with Gasteiger partial charge in [0.15, 0.2) is 5.96 Å². The molecule has 0 radical (unpaired) electrons. The highest BCUT2D eigenvalue weighted by Crippen LogP contribution is 2.22. The number of hydrogen-bond acceptors (Lipinski definition) is 3. The first-order chi connectivity index (χ1) is 7.58. The van der Waals surface area contributed by atoms with E-state index in [1.165, 1.54) is 20.2 Å². The van der Waals surface area contributed by atoms with Gasteiger partial charge in [0.1, 0.15) is 5.75 Å². The minimum absolute atomic E-state index is 0.0343. The van der Waals surface area contributed by atoms with Crippen molar-refractivity contribution in [2.75, 3.05) is 14.2 Å². The summed E-state index contributed by atoms with van der Waals surface area (Å²) in [5.74, 6) is 0.0419. The molecule has 0 bridgehead atoms. The maximum atomic E-state index is 11.7. The Bertz CT molecular complexity index is 432. The lowest BCUT2D eigenvalue weighted by Gasteiger charge is -2.08. The maximum Gasteiger partial charge on any atom is 0.261 e. The van der Waals surface area contributed by atoms with Crippen molar-refractivity contribution in [3.05, 3.63) is 28.8 Å². The second-order valence-corrected chi connectivity index (χ2v) is 3.34. The Balaban J connectivity index is 3.02. The molecule has 0 spiro atoms. The van der Waals surface area contributed by atoms with Gasteiger partial charge in [-0.05, 0) is 18.2 Å². The number of hydrogen-bond donors (Lipinski definition) is 2. The van der Waals surface area contributed by atoms with Crippen LogP contribution in [-0.4, -0.2) is 26.0 Å². The Morgan fingerprint density at radius 1 is 1.56 bits per heavy atom. The summed E-state index contributed by atoms with van der Waals surface area (Å²) in [7, 11) is 2.95. The molecule has 1 amide bonds. The fourth-order valence-corrected chi connectivity index (χ4v) is 1.27. The van der Waals surface area contributed by atoms with Crippen molar-refractivity contribution in [1.82, 2.24) is 5.32 Å². The molecule has 0 fully saturated rings. The number of amides is 1. The number of methoxy groups -OCH3 is 1. The van der Waals surface area contributed by atoms with Gasteiger partial charge in [0, 0.05) is 12.1 Å². The summed E-state index contributed by atoms with van der Waals surface area (Å²) in [6.45, 7) is 0. The summed E-state index contributed by atoms with van der Waals surface area (Å²) < 4.78 is 5.04. The number of halogens is 1. The summed E-state index contributed by atoms with van der Waals surface area (Å²) in [4.78, 5) is 15.4. The summed E-state index contributed by atoms with van der Waals surface area (Å²) in [6.07, 6.45) is 0. The average Bonchev–Trinajstić information content (AvgIpc) is 2.28. The molecule has 3 N–H and O–H groups in total. The molecule has 0 saturated carbocycles. The number of aliphatic imine (C=N–C) groups is 1. The molecule has 0 atom stereocenters. The molecule has 0 unspecified atom stereocenters. The molecule has 1 aromatic rings. The molecule has 1 aromatic carbocycles. The molecular formula is C10H12ClN3O2. The Hall–Kier alpha value is -1.75. The molecule has 0 aromatic heterocycles. The summed E-state index contributed by atoms with van der Waals surface area (Å²) >= 11 is 5.79. The zero-order valence-corrected chi connectivity index (χ0v) is 9.71. The van der Waals surface area contributed by atoms with Crippen LogP contribution in [0.2, 0.25) is 5.02 Å². The predicted molar refractivity (Wildman–Crippen MR) is 63.0 cm³/mol. The van der Waals surface area contributed by atoms with Gasteiger partial charge >= 0.3 is 0 Å². The summed E-state index contributed by atoms with van der Waals surface area (Å²) in [6, 6.07) is 4.74. The largest absolute Gasteiger partial charge is 0.496 e. The number of benzene rings is 1. The molecule has 0 heterocycles. The lowest BCUT2D eigenvalue weighted by atomic mass is 10.2. The smallest absolute Gasteiger partial charge is 0.261 e. The SMILES string of the molecule is CN=C(N)NC(=O)c1cc(Cl)ccc1OC. The van der Waals surface area contributed by atoms with E-state index in [2.05, 4.69) is 10.3 Å². The number of carbonyl (C=O) groups excluding carboxylic acids is 1. The number of nitrogens with zero attached hydrogens (tertiary/aromatic N) is 1. The van der Waals surface area contributed by atoms with Crippen LogP contribution in [0.25, 0.3) is 0 Å². The molecule has 0 aliphatic heterocycles. The number of carbonyl (C=O) groups is 1.